The van der Waals surface area contributed by atoms with Crippen LogP contribution in [0.3, 0.4) is 0 Å². The van der Waals surface area contributed by atoms with Crippen molar-refractivity contribution in [2.75, 3.05) is 0 Å². The summed E-state index contributed by atoms with van der Waals surface area (Å²) < 4.78 is 199. The molecule has 18 nitrogen and oxygen atoms in total. The topological polar surface area (TPSA) is 345 Å². The Morgan fingerprint density at radius 3 is 0.290 bits per heavy atom. The minimum atomic E-state index is -5.62. The quantitative estimate of drug-likeness (QED) is 0.0610. The molecule has 0 radical (unpaired) electrons. The van der Waals surface area contributed by atoms with E-state index in [-0.39, 0.29) is 24.0 Å². The summed E-state index contributed by atoms with van der Waals surface area (Å²) in [7, 11) is 0. The first-order valence-corrected chi connectivity index (χ1v) is 23.4. The Kier molecular flexibility index (Phi) is 34.3. The van der Waals surface area contributed by atoms with Crippen LogP contribution in [-0.2, 0) is 22.4 Å². The van der Waals surface area contributed by atoms with Gasteiger partial charge >= 0.3 is 180 Å². The summed E-state index contributed by atoms with van der Waals surface area (Å²) in [6.45, 7) is 0. The van der Waals surface area contributed by atoms with Gasteiger partial charge in [0.15, 0.2) is 0 Å². The molecule has 31 heavy (non-hydrogen) atoms. The molecule has 0 saturated carbocycles. The standard InChI is InChI=1S/6AsFH2O3.HI/c6*2-1(3,4)5;/h6*(H2,3,4,5);1H. The first-order valence-electron chi connectivity index (χ1n) is 4.51. The maximum atomic E-state index is 10.4. The zero-order valence-corrected chi connectivity index (χ0v) is 26.8. The zero-order chi connectivity index (χ0) is 27.0. The number of hydrogen-bond donors (Lipinski definition) is 12. The van der Waals surface area contributed by atoms with Crippen molar-refractivity contribution >= 4 is 112 Å². The monoisotopic (exact) mass is 991 g/mol. The SMILES string of the molecule is I.O=[As](O)(O)F.O=[As](O)(O)F.O=[As](O)(O)F.O=[As](O)(O)F.O=[As](O)(O)F.O=[As](O)(O)F. The van der Waals surface area contributed by atoms with E-state index in [1.165, 1.54) is 0 Å². The van der Waals surface area contributed by atoms with Crippen LogP contribution in [0.1, 0.15) is 0 Å². The van der Waals surface area contributed by atoms with Crippen LogP contribution in [0.15, 0.2) is 0 Å². The molecule has 0 bridgehead atoms. The molecule has 0 heterocycles. The Labute approximate surface area is 202 Å². The third kappa shape index (κ3) is 7330. The van der Waals surface area contributed by atoms with E-state index in [2.05, 4.69) is 0 Å². The minimum absolute atomic E-state index is 0. The van der Waals surface area contributed by atoms with Gasteiger partial charge in [0, 0.05) is 0 Å². The first kappa shape index (κ1) is 50.0. The van der Waals surface area contributed by atoms with Crippen molar-refractivity contribution in [2.24, 2.45) is 0 Å². The normalized spacial score (nSPS) is 11.4. The second kappa shape index (κ2) is 21.3. The van der Waals surface area contributed by atoms with Crippen molar-refractivity contribution in [1.82, 2.24) is 0 Å². The third-order valence-corrected chi connectivity index (χ3v) is 0. The molecule has 12 N–H and O–H groups in total. The van der Waals surface area contributed by atoms with E-state index in [0.29, 0.717) is 0 Å². The molecule has 0 unspecified atom stereocenters. The summed E-state index contributed by atoms with van der Waals surface area (Å²) in [6.07, 6.45) is 0. The van der Waals surface area contributed by atoms with Gasteiger partial charge in [0.2, 0.25) is 0 Å². The predicted molar refractivity (Wildman–Crippen MR) is 87.3 cm³/mol. The molecule has 0 aliphatic carbocycles. The molecule has 0 fully saturated rings. The van der Waals surface area contributed by atoms with Crippen molar-refractivity contribution in [2.45, 2.75) is 0 Å². The van der Waals surface area contributed by atoms with Crippen molar-refractivity contribution in [3.8, 4) is 0 Å². The molecule has 0 amide bonds. The first-order chi connectivity index (χ1) is 12.0. The summed E-state index contributed by atoms with van der Waals surface area (Å²) in [6, 6.07) is 0. The molecule has 0 aliphatic heterocycles. The predicted octanol–water partition coefficient (Wildman–Crippen LogP) is -6.54. The molecule has 0 atom stereocenters. The molecule has 200 valence electrons. The molecular formula is H13As6F6IO18. The van der Waals surface area contributed by atoms with E-state index >= 15 is 0 Å². The third-order valence-electron chi connectivity index (χ3n) is 0. The molecule has 0 aromatic heterocycles. The van der Waals surface area contributed by atoms with Gasteiger partial charge in [-0.2, -0.15) is 0 Å². The number of hydrogen-bond acceptors (Lipinski definition) is 6. The molecule has 31 heteroatoms. The summed E-state index contributed by atoms with van der Waals surface area (Å²) in [5, 5.41) is 0. The van der Waals surface area contributed by atoms with Gasteiger partial charge in [0.25, 0.3) is 0 Å². The summed E-state index contributed by atoms with van der Waals surface area (Å²) >= 11 is -33.8. The average Bonchev–Trinajstić information content (AvgIpc) is 1.94. The van der Waals surface area contributed by atoms with Gasteiger partial charge in [-0.1, -0.05) is 0 Å². The molecule has 0 spiro atoms. The summed E-state index contributed by atoms with van der Waals surface area (Å²) in [4.78, 5) is 0. The van der Waals surface area contributed by atoms with Crippen LogP contribution in [0.2, 0.25) is 0 Å². The maximum absolute atomic E-state index is 10.4. The molecule has 0 rings (SSSR count). The second-order valence-corrected chi connectivity index (χ2v) is 14.7. The van der Waals surface area contributed by atoms with Crippen molar-refractivity contribution in [3.05, 3.63) is 0 Å². The van der Waals surface area contributed by atoms with Crippen molar-refractivity contribution in [1.29, 1.82) is 0 Å². The van der Waals surface area contributed by atoms with Crippen LogP contribution < -0.4 is 0 Å². The Morgan fingerprint density at radius 2 is 0.290 bits per heavy atom. The van der Waals surface area contributed by atoms with Crippen LogP contribution in [0.4, 0.5) is 20.8 Å². The zero-order valence-electron chi connectivity index (χ0n) is 13.2. The van der Waals surface area contributed by atoms with E-state index in [0.717, 1.165) is 0 Å². The van der Waals surface area contributed by atoms with Crippen LogP contribution >= 0.6 is 24.0 Å². The van der Waals surface area contributed by atoms with E-state index in [1.54, 1.807) is 0 Å². The van der Waals surface area contributed by atoms with Crippen LogP contribution in [0, 0.1) is 0 Å². The summed E-state index contributed by atoms with van der Waals surface area (Å²) in [5.41, 5.74) is 0. The van der Waals surface area contributed by atoms with E-state index in [9.17, 15) is 20.8 Å². The molecule has 0 aromatic rings. The summed E-state index contributed by atoms with van der Waals surface area (Å²) in [5.74, 6) is 0. The van der Waals surface area contributed by atoms with Gasteiger partial charge in [-0.25, -0.2) is 0 Å². The Bertz CT molecular complexity index is 480. The Morgan fingerprint density at radius 1 is 0.290 bits per heavy atom. The van der Waals surface area contributed by atoms with Crippen LogP contribution in [0.5, 0.6) is 0 Å². The van der Waals surface area contributed by atoms with E-state index in [4.69, 9.17) is 71.6 Å². The molecular weight excluding hydrogens is 978 g/mol. The fourth-order valence-electron chi connectivity index (χ4n) is 0. The van der Waals surface area contributed by atoms with Gasteiger partial charge in [0.05, 0.1) is 0 Å². The number of rotatable bonds is 0. The van der Waals surface area contributed by atoms with Crippen molar-refractivity contribution < 1.29 is 92.4 Å². The van der Waals surface area contributed by atoms with Gasteiger partial charge in [0.1, 0.15) is 0 Å². The fraction of sp³-hybridized carbons (Fsp3) is 0. The van der Waals surface area contributed by atoms with Gasteiger partial charge in [-0.15, -0.1) is 24.0 Å². The van der Waals surface area contributed by atoms with E-state index in [1.807, 2.05) is 0 Å². The Balaban J connectivity index is -0.0000000443. The second-order valence-electron chi connectivity index (χ2n) is 2.84. The molecule has 0 aliphatic rings. The van der Waals surface area contributed by atoms with Gasteiger partial charge < -0.3 is 0 Å². The van der Waals surface area contributed by atoms with Gasteiger partial charge in [-0.05, 0) is 0 Å². The Hall–Kier alpha value is 1.98. The molecule has 0 saturated heterocycles. The van der Waals surface area contributed by atoms with Crippen molar-refractivity contribution in [3.63, 3.8) is 0 Å². The van der Waals surface area contributed by atoms with E-state index < -0.39 is 87.9 Å². The molecule has 0 aromatic carbocycles. The van der Waals surface area contributed by atoms with Gasteiger partial charge in [-0.3, -0.25) is 0 Å². The number of halogens is 7. The fourth-order valence-corrected chi connectivity index (χ4v) is 0. The van der Waals surface area contributed by atoms with Crippen LogP contribution in [-0.4, -0.2) is 137 Å². The van der Waals surface area contributed by atoms with Crippen LogP contribution in [0.25, 0.3) is 0 Å². The average molecular weight is 992 g/mol.